The van der Waals surface area contributed by atoms with Gasteiger partial charge in [-0.05, 0) is 24.9 Å². The van der Waals surface area contributed by atoms with Crippen LogP contribution < -0.4 is 16.6 Å². The van der Waals surface area contributed by atoms with E-state index in [1.165, 1.54) is 0 Å². The lowest BCUT2D eigenvalue weighted by Crippen LogP contribution is -2.43. The minimum absolute atomic E-state index is 0.0106. The highest BCUT2D eigenvalue weighted by Crippen LogP contribution is 2.12. The van der Waals surface area contributed by atoms with Gasteiger partial charge in [-0.2, -0.15) is 0 Å². The first-order chi connectivity index (χ1) is 13.1. The third-order valence-electron chi connectivity index (χ3n) is 4.57. The molecule has 1 aliphatic rings. The Balaban J connectivity index is 1.59. The summed E-state index contributed by atoms with van der Waals surface area (Å²) in [4.78, 5) is 41.8. The fraction of sp³-hybridized carbons (Fsp3) is 0.350. The average Bonchev–Trinajstić information content (AvgIpc) is 2.87. The van der Waals surface area contributed by atoms with Gasteiger partial charge in [0, 0.05) is 25.2 Å². The summed E-state index contributed by atoms with van der Waals surface area (Å²) in [5, 5.41) is 2.94. The Morgan fingerprint density at radius 3 is 2.78 bits per heavy atom. The number of aromatic amines is 2. The molecule has 2 aromatic rings. The van der Waals surface area contributed by atoms with Gasteiger partial charge in [0.05, 0.1) is 0 Å². The number of carbonyl (C=O) groups is 1. The van der Waals surface area contributed by atoms with E-state index in [0.29, 0.717) is 0 Å². The fourth-order valence-corrected chi connectivity index (χ4v) is 3.26. The van der Waals surface area contributed by atoms with Crippen LogP contribution in [0.1, 0.15) is 35.3 Å². The Morgan fingerprint density at radius 2 is 2.00 bits per heavy atom. The molecule has 1 aromatic heterocycles. The molecule has 0 bridgehead atoms. The zero-order valence-corrected chi connectivity index (χ0v) is 15.1. The number of rotatable bonds is 5. The summed E-state index contributed by atoms with van der Waals surface area (Å²) in [6.07, 6.45) is 7.20. The molecule has 0 radical (unpaired) electrons. The van der Waals surface area contributed by atoms with Crippen molar-refractivity contribution in [2.24, 2.45) is 0 Å². The van der Waals surface area contributed by atoms with E-state index < -0.39 is 17.2 Å². The lowest BCUT2D eigenvalue weighted by molar-refractivity contribution is 0.0922. The lowest BCUT2D eigenvalue weighted by atomic mass is 10.1. The highest BCUT2D eigenvalue weighted by atomic mass is 16.2. The van der Waals surface area contributed by atoms with Crippen molar-refractivity contribution in [2.45, 2.75) is 25.3 Å². The van der Waals surface area contributed by atoms with Crippen LogP contribution in [0, 0.1) is 0 Å². The Hall–Kier alpha value is -2.93. The fourth-order valence-electron chi connectivity index (χ4n) is 3.26. The van der Waals surface area contributed by atoms with E-state index in [1.54, 1.807) is 0 Å². The van der Waals surface area contributed by atoms with E-state index in [0.717, 1.165) is 50.5 Å². The molecule has 3 N–H and O–H groups in total. The molecule has 1 amide bonds. The third-order valence-corrected chi connectivity index (χ3v) is 4.57. The Labute approximate surface area is 157 Å². The van der Waals surface area contributed by atoms with Crippen LogP contribution in [0.15, 0.2) is 52.1 Å². The predicted octanol–water partition coefficient (Wildman–Crippen LogP) is 1.36. The monoisotopic (exact) mass is 368 g/mol. The van der Waals surface area contributed by atoms with Crippen molar-refractivity contribution in [3.8, 4) is 0 Å². The van der Waals surface area contributed by atoms with Crippen LogP contribution in [0.25, 0.3) is 6.08 Å². The van der Waals surface area contributed by atoms with Crippen molar-refractivity contribution in [2.75, 3.05) is 19.6 Å². The van der Waals surface area contributed by atoms with Crippen LogP contribution in [0.2, 0.25) is 0 Å². The molecule has 142 valence electrons. The van der Waals surface area contributed by atoms with Crippen molar-refractivity contribution in [3.05, 3.63) is 74.6 Å². The predicted molar refractivity (Wildman–Crippen MR) is 105 cm³/mol. The van der Waals surface area contributed by atoms with E-state index >= 15 is 0 Å². The van der Waals surface area contributed by atoms with E-state index in [1.807, 2.05) is 18.2 Å². The molecule has 1 fully saturated rings. The van der Waals surface area contributed by atoms with Gasteiger partial charge in [-0.25, -0.2) is 4.79 Å². The number of benzene rings is 1. The van der Waals surface area contributed by atoms with Gasteiger partial charge in [-0.15, -0.1) is 0 Å². The molecule has 27 heavy (non-hydrogen) atoms. The number of carbonyl (C=O) groups excluding carboxylic acids is 1. The molecule has 1 atom stereocenters. The number of H-pyrrole nitrogens is 2. The van der Waals surface area contributed by atoms with Gasteiger partial charge in [0.15, 0.2) is 0 Å². The second-order valence-electron chi connectivity index (χ2n) is 6.74. The molecule has 7 heteroatoms. The molecule has 0 spiro atoms. The number of nitrogens with zero attached hydrogens (tertiary/aromatic N) is 1. The molecular weight excluding hydrogens is 344 g/mol. The standard InChI is InChI=1S/C20H24N4O3/c25-18-13-17(22-20(27)23-18)19(26)21-16-10-4-5-11-24(14-16)12-6-9-15-7-2-1-3-8-15/h1-3,6-9,13,16H,4-5,10-12,14H2,(H,21,26)(H2,22,23,25,27)/b9-6+. The number of nitrogens with one attached hydrogen (secondary N) is 3. The zero-order valence-electron chi connectivity index (χ0n) is 15.1. The van der Waals surface area contributed by atoms with Gasteiger partial charge >= 0.3 is 5.69 Å². The maximum atomic E-state index is 12.4. The Bertz CT molecular complexity index is 873. The van der Waals surface area contributed by atoms with Crippen molar-refractivity contribution in [1.82, 2.24) is 20.2 Å². The van der Waals surface area contributed by atoms with Crippen LogP contribution in [0.3, 0.4) is 0 Å². The highest BCUT2D eigenvalue weighted by molar-refractivity contribution is 5.92. The van der Waals surface area contributed by atoms with E-state index in [4.69, 9.17) is 0 Å². The summed E-state index contributed by atoms with van der Waals surface area (Å²) in [6.45, 7) is 2.52. The Kier molecular flexibility index (Phi) is 6.38. The first-order valence-electron chi connectivity index (χ1n) is 9.18. The third kappa shape index (κ3) is 5.79. The molecule has 3 rings (SSSR count). The summed E-state index contributed by atoms with van der Waals surface area (Å²) >= 11 is 0. The van der Waals surface area contributed by atoms with Crippen LogP contribution in [-0.2, 0) is 0 Å². The second kappa shape index (κ2) is 9.14. The van der Waals surface area contributed by atoms with Crippen molar-refractivity contribution >= 4 is 12.0 Å². The molecule has 7 nitrogen and oxygen atoms in total. The molecule has 1 aliphatic heterocycles. The van der Waals surface area contributed by atoms with Crippen molar-refractivity contribution < 1.29 is 4.79 Å². The van der Waals surface area contributed by atoms with Crippen LogP contribution in [-0.4, -0.2) is 46.5 Å². The van der Waals surface area contributed by atoms with Gasteiger partial charge in [0.2, 0.25) is 0 Å². The normalized spacial score (nSPS) is 18.3. The maximum Gasteiger partial charge on any atom is 0.326 e. The highest BCUT2D eigenvalue weighted by Gasteiger charge is 2.20. The molecule has 1 aromatic carbocycles. The quantitative estimate of drug-likeness (QED) is 0.742. The first-order valence-corrected chi connectivity index (χ1v) is 9.18. The van der Waals surface area contributed by atoms with Gasteiger partial charge < -0.3 is 10.3 Å². The topological polar surface area (TPSA) is 98.1 Å². The number of hydrogen-bond acceptors (Lipinski definition) is 4. The number of aromatic nitrogens is 2. The van der Waals surface area contributed by atoms with Crippen LogP contribution in [0.4, 0.5) is 0 Å². The van der Waals surface area contributed by atoms with Gasteiger partial charge in [0.25, 0.3) is 11.5 Å². The van der Waals surface area contributed by atoms with Gasteiger partial charge in [0.1, 0.15) is 5.69 Å². The largest absolute Gasteiger partial charge is 0.347 e. The van der Waals surface area contributed by atoms with E-state index in [-0.39, 0.29) is 11.7 Å². The number of hydrogen-bond donors (Lipinski definition) is 3. The molecule has 0 aliphatic carbocycles. The number of amides is 1. The summed E-state index contributed by atoms with van der Waals surface area (Å²) in [6, 6.07) is 11.2. The lowest BCUT2D eigenvalue weighted by Gasteiger charge is -2.23. The summed E-state index contributed by atoms with van der Waals surface area (Å²) in [7, 11) is 0. The second-order valence-corrected chi connectivity index (χ2v) is 6.74. The Morgan fingerprint density at radius 1 is 1.19 bits per heavy atom. The number of likely N-dealkylation sites (tertiary alicyclic amines) is 1. The van der Waals surface area contributed by atoms with Gasteiger partial charge in [-0.3, -0.25) is 19.5 Å². The van der Waals surface area contributed by atoms with E-state index in [2.05, 4.69) is 44.5 Å². The maximum absolute atomic E-state index is 12.4. The molecule has 1 unspecified atom stereocenters. The average molecular weight is 368 g/mol. The van der Waals surface area contributed by atoms with Gasteiger partial charge in [-0.1, -0.05) is 48.9 Å². The SMILES string of the molecule is O=C(NC1CCCCN(C/C=C/c2ccccc2)C1)c1cc(=O)[nH]c(=O)[nH]1. The summed E-state index contributed by atoms with van der Waals surface area (Å²) < 4.78 is 0. The molecular formula is C20H24N4O3. The minimum Gasteiger partial charge on any atom is -0.347 e. The van der Waals surface area contributed by atoms with Crippen molar-refractivity contribution in [1.29, 1.82) is 0 Å². The molecule has 1 saturated heterocycles. The smallest absolute Gasteiger partial charge is 0.326 e. The first kappa shape index (κ1) is 18.8. The summed E-state index contributed by atoms with van der Waals surface area (Å²) in [5.41, 5.74) is -0.113. The van der Waals surface area contributed by atoms with E-state index in [9.17, 15) is 14.4 Å². The van der Waals surface area contributed by atoms with Crippen LogP contribution >= 0.6 is 0 Å². The molecule has 2 heterocycles. The van der Waals surface area contributed by atoms with Crippen molar-refractivity contribution in [3.63, 3.8) is 0 Å². The summed E-state index contributed by atoms with van der Waals surface area (Å²) in [5.74, 6) is -0.426. The minimum atomic E-state index is -0.679. The van der Waals surface area contributed by atoms with Crippen LogP contribution in [0.5, 0.6) is 0 Å². The molecule has 0 saturated carbocycles. The zero-order chi connectivity index (χ0) is 19.1.